The van der Waals surface area contributed by atoms with Gasteiger partial charge in [-0.05, 0) is 55.0 Å². The Morgan fingerprint density at radius 3 is 1.97 bits per heavy atom. The Labute approximate surface area is 200 Å². The van der Waals surface area contributed by atoms with Crippen molar-refractivity contribution in [3.05, 3.63) is 65.9 Å². The van der Waals surface area contributed by atoms with Gasteiger partial charge in [-0.2, -0.15) is 0 Å². The van der Waals surface area contributed by atoms with Gasteiger partial charge in [-0.25, -0.2) is 0 Å². The molecule has 6 nitrogen and oxygen atoms in total. The molecular weight excluding hydrogens is 452 g/mol. The summed E-state index contributed by atoms with van der Waals surface area (Å²) in [5, 5.41) is 0. The van der Waals surface area contributed by atoms with Gasteiger partial charge < -0.3 is 27.5 Å². The lowest BCUT2D eigenvalue weighted by Crippen LogP contribution is -2.52. The zero-order valence-corrected chi connectivity index (χ0v) is 22.8. The predicted molar refractivity (Wildman–Crippen MR) is 134 cm³/mol. The standard InChI is InChI=1S/C25H37O6Si2/c1-25(2,20-8-12-22(13-9-20)28-16-24-17-29-24)21-10-14-23(15-11-21)30-19-33(7,27-4)31-32(5,6)18-26-3/h8-15,19,24H,16-18H2,1-7H3. The van der Waals surface area contributed by atoms with E-state index in [0.717, 1.165) is 18.1 Å². The van der Waals surface area contributed by atoms with Crippen molar-refractivity contribution in [3.63, 3.8) is 0 Å². The van der Waals surface area contributed by atoms with Gasteiger partial charge >= 0.3 is 8.56 Å². The summed E-state index contributed by atoms with van der Waals surface area (Å²) in [5.74, 6) is 1.62. The second kappa shape index (κ2) is 10.7. The van der Waals surface area contributed by atoms with Crippen LogP contribution in [0, 0.1) is 6.23 Å². The van der Waals surface area contributed by atoms with Crippen LogP contribution in [0.25, 0.3) is 0 Å². The van der Waals surface area contributed by atoms with Crippen LogP contribution in [-0.2, 0) is 23.4 Å². The second-order valence-electron chi connectivity index (χ2n) is 9.69. The molecule has 8 heteroatoms. The molecule has 0 amide bonds. The summed E-state index contributed by atoms with van der Waals surface area (Å²) in [4.78, 5) is 0. The average Bonchev–Trinajstić information content (AvgIpc) is 3.61. The number of hydrogen-bond donors (Lipinski definition) is 0. The molecule has 2 atom stereocenters. The van der Waals surface area contributed by atoms with Crippen molar-refractivity contribution in [1.29, 1.82) is 0 Å². The Bertz CT molecular complexity index is 881. The van der Waals surface area contributed by atoms with E-state index in [2.05, 4.69) is 51.2 Å². The van der Waals surface area contributed by atoms with Gasteiger partial charge in [-0.3, -0.25) is 0 Å². The van der Waals surface area contributed by atoms with Gasteiger partial charge in [-0.1, -0.05) is 38.1 Å². The molecular formula is C25H37O6Si2. The highest BCUT2D eigenvalue weighted by Gasteiger charge is 2.40. The van der Waals surface area contributed by atoms with Crippen LogP contribution in [0.15, 0.2) is 48.5 Å². The molecule has 1 radical (unpaired) electrons. The highest BCUT2D eigenvalue weighted by molar-refractivity contribution is 6.83. The van der Waals surface area contributed by atoms with Crippen LogP contribution in [0.1, 0.15) is 25.0 Å². The van der Waals surface area contributed by atoms with Gasteiger partial charge in [0, 0.05) is 19.6 Å². The van der Waals surface area contributed by atoms with E-state index >= 15 is 0 Å². The van der Waals surface area contributed by atoms with Crippen LogP contribution >= 0.6 is 0 Å². The summed E-state index contributed by atoms with van der Waals surface area (Å²) in [6, 6.07) is 16.5. The molecule has 3 rings (SSSR count). The zero-order chi connectivity index (χ0) is 24.1. The maximum atomic E-state index is 6.35. The minimum Gasteiger partial charge on any atom is -0.491 e. The Morgan fingerprint density at radius 2 is 1.48 bits per heavy atom. The first-order chi connectivity index (χ1) is 15.6. The van der Waals surface area contributed by atoms with Gasteiger partial charge in [0.1, 0.15) is 24.2 Å². The molecule has 1 saturated heterocycles. The number of epoxide rings is 1. The van der Waals surface area contributed by atoms with Gasteiger partial charge in [0.15, 0.2) is 6.23 Å². The lowest BCUT2D eigenvalue weighted by Gasteiger charge is -2.33. The molecule has 2 aromatic rings. The fraction of sp³-hybridized carbons (Fsp3) is 0.480. The normalized spacial score (nSPS) is 18.0. The third kappa shape index (κ3) is 7.40. The van der Waals surface area contributed by atoms with Crippen molar-refractivity contribution in [2.75, 3.05) is 33.7 Å². The molecule has 2 aromatic carbocycles. The topological polar surface area (TPSA) is 58.7 Å². The van der Waals surface area contributed by atoms with Crippen LogP contribution < -0.4 is 9.47 Å². The van der Waals surface area contributed by atoms with Crippen molar-refractivity contribution in [1.82, 2.24) is 0 Å². The number of methoxy groups -OCH3 is 1. The van der Waals surface area contributed by atoms with Crippen molar-refractivity contribution in [3.8, 4) is 11.5 Å². The molecule has 1 heterocycles. The number of hydrogen-bond acceptors (Lipinski definition) is 6. The Kier molecular flexibility index (Phi) is 8.42. The van der Waals surface area contributed by atoms with E-state index in [9.17, 15) is 0 Å². The molecule has 0 bridgehead atoms. The highest BCUT2D eigenvalue weighted by atomic mass is 28.4. The quantitative estimate of drug-likeness (QED) is 0.292. The molecule has 2 unspecified atom stereocenters. The van der Waals surface area contributed by atoms with Crippen LogP contribution in [0.4, 0.5) is 0 Å². The summed E-state index contributed by atoms with van der Waals surface area (Å²) < 4.78 is 34.3. The third-order valence-electron chi connectivity index (χ3n) is 5.78. The van der Waals surface area contributed by atoms with Crippen LogP contribution in [0.3, 0.4) is 0 Å². The molecule has 0 N–H and O–H groups in total. The lowest BCUT2D eigenvalue weighted by molar-refractivity contribution is 0.220. The van der Waals surface area contributed by atoms with Crippen molar-refractivity contribution < 1.29 is 27.5 Å². The van der Waals surface area contributed by atoms with Crippen molar-refractivity contribution in [2.24, 2.45) is 0 Å². The Morgan fingerprint density at radius 1 is 0.939 bits per heavy atom. The molecule has 0 spiro atoms. The zero-order valence-electron chi connectivity index (χ0n) is 20.8. The molecule has 1 aliphatic heterocycles. The first-order valence-corrected chi connectivity index (χ1v) is 16.8. The van der Waals surface area contributed by atoms with Crippen LogP contribution in [0.2, 0.25) is 19.6 Å². The Hall–Kier alpha value is -1.69. The number of benzene rings is 2. The fourth-order valence-corrected chi connectivity index (χ4v) is 9.94. The maximum absolute atomic E-state index is 6.35. The van der Waals surface area contributed by atoms with Crippen molar-refractivity contribution >= 4 is 16.9 Å². The molecule has 0 aliphatic carbocycles. The van der Waals surface area contributed by atoms with Crippen LogP contribution in [0.5, 0.6) is 11.5 Å². The van der Waals surface area contributed by atoms with Crippen LogP contribution in [-0.4, -0.2) is 56.6 Å². The smallest absolute Gasteiger partial charge is 0.370 e. The second-order valence-corrected chi connectivity index (χ2v) is 17.0. The van der Waals surface area contributed by atoms with Gasteiger partial charge in [0.2, 0.25) is 8.32 Å². The molecule has 0 aromatic heterocycles. The summed E-state index contributed by atoms with van der Waals surface area (Å²) in [7, 11) is -1.21. The van der Waals surface area contributed by atoms with E-state index in [4.69, 9.17) is 27.5 Å². The lowest BCUT2D eigenvalue weighted by atomic mass is 9.78. The number of rotatable bonds is 13. The average molecular weight is 490 g/mol. The van der Waals surface area contributed by atoms with Gasteiger partial charge in [0.25, 0.3) is 0 Å². The van der Waals surface area contributed by atoms with E-state index in [1.807, 2.05) is 30.8 Å². The van der Waals surface area contributed by atoms with E-state index in [1.54, 1.807) is 20.4 Å². The minimum absolute atomic E-state index is 0.158. The molecule has 1 fully saturated rings. The summed E-state index contributed by atoms with van der Waals surface area (Å²) >= 11 is 0. The maximum Gasteiger partial charge on any atom is 0.370 e. The summed E-state index contributed by atoms with van der Waals surface area (Å²) in [5.41, 5.74) is 2.26. The fourth-order valence-electron chi connectivity index (χ4n) is 3.65. The molecule has 0 saturated carbocycles. The molecule has 33 heavy (non-hydrogen) atoms. The number of ether oxygens (including phenoxy) is 4. The molecule has 181 valence electrons. The van der Waals surface area contributed by atoms with Crippen molar-refractivity contribution in [2.45, 2.75) is 45.0 Å². The largest absolute Gasteiger partial charge is 0.491 e. The first kappa shape index (κ1) is 25.9. The first-order valence-electron chi connectivity index (χ1n) is 11.3. The van der Waals surface area contributed by atoms with E-state index in [-0.39, 0.29) is 11.5 Å². The minimum atomic E-state index is -2.58. The van der Waals surface area contributed by atoms with Gasteiger partial charge in [0.05, 0.1) is 12.8 Å². The summed E-state index contributed by atoms with van der Waals surface area (Å²) in [6.45, 7) is 12.1. The van der Waals surface area contributed by atoms with Gasteiger partial charge in [-0.15, -0.1) is 0 Å². The third-order valence-corrected chi connectivity index (χ3v) is 11.9. The van der Waals surface area contributed by atoms with E-state index < -0.39 is 16.9 Å². The SMILES string of the molecule is COC[Si](C)(C)O[Si](C)([CH]Oc1ccc(C(C)(C)c2ccc(OCC3CO3)cc2)cc1)OC. The molecule has 1 aliphatic rings. The van der Waals surface area contributed by atoms with E-state index in [0.29, 0.717) is 12.8 Å². The van der Waals surface area contributed by atoms with E-state index in [1.165, 1.54) is 11.1 Å². The Balaban J connectivity index is 1.61. The summed E-state index contributed by atoms with van der Waals surface area (Å²) in [6.07, 6.45) is 2.61. The predicted octanol–water partition coefficient (Wildman–Crippen LogP) is 5.00. The highest BCUT2D eigenvalue weighted by Crippen LogP contribution is 2.34. The monoisotopic (exact) mass is 489 g/mol.